The second-order valence-electron chi connectivity index (χ2n) is 3.60. The molecule has 0 spiro atoms. The van der Waals surface area contributed by atoms with E-state index in [2.05, 4.69) is 25.8 Å². The Labute approximate surface area is 78.8 Å². The molecule has 12 heavy (non-hydrogen) atoms. The van der Waals surface area contributed by atoms with Gasteiger partial charge in [0.25, 0.3) is 0 Å². The fourth-order valence-corrected chi connectivity index (χ4v) is 1.12. The second kappa shape index (κ2) is 3.44. The number of rotatable bonds is 2. The van der Waals surface area contributed by atoms with E-state index in [1.54, 1.807) is 12.3 Å². The SMILES string of the molecule is CCC(C)(C)c1cc(Cl)ccn1. The number of nitrogens with zero attached hydrogens (tertiary/aromatic N) is 1. The Hall–Kier alpha value is -0.560. The Morgan fingerprint density at radius 3 is 2.67 bits per heavy atom. The Balaban J connectivity index is 3.03. The minimum atomic E-state index is 0.130. The molecule has 0 saturated heterocycles. The highest BCUT2D eigenvalue weighted by atomic mass is 35.5. The van der Waals surface area contributed by atoms with E-state index in [0.29, 0.717) is 0 Å². The molecule has 0 aliphatic heterocycles. The van der Waals surface area contributed by atoms with E-state index in [1.165, 1.54) is 0 Å². The molecule has 0 radical (unpaired) electrons. The summed E-state index contributed by atoms with van der Waals surface area (Å²) in [6.45, 7) is 6.50. The molecule has 0 aliphatic rings. The third-order valence-electron chi connectivity index (χ3n) is 2.30. The molecule has 1 aromatic heterocycles. The van der Waals surface area contributed by atoms with Crippen molar-refractivity contribution < 1.29 is 0 Å². The van der Waals surface area contributed by atoms with Gasteiger partial charge in [-0.05, 0) is 18.6 Å². The summed E-state index contributed by atoms with van der Waals surface area (Å²) in [5.74, 6) is 0. The molecule has 0 N–H and O–H groups in total. The Bertz CT molecular complexity index is 268. The van der Waals surface area contributed by atoms with Gasteiger partial charge in [-0.1, -0.05) is 32.4 Å². The second-order valence-corrected chi connectivity index (χ2v) is 4.03. The molecule has 1 rings (SSSR count). The lowest BCUT2D eigenvalue weighted by Crippen LogP contribution is -2.16. The van der Waals surface area contributed by atoms with Crippen molar-refractivity contribution in [3.05, 3.63) is 29.0 Å². The first-order valence-electron chi connectivity index (χ1n) is 4.18. The van der Waals surface area contributed by atoms with Crippen LogP contribution in [0.1, 0.15) is 32.9 Å². The van der Waals surface area contributed by atoms with Gasteiger partial charge in [-0.3, -0.25) is 4.98 Å². The minimum Gasteiger partial charge on any atom is -0.261 e. The molecule has 0 aliphatic carbocycles. The summed E-state index contributed by atoms with van der Waals surface area (Å²) >= 11 is 5.87. The van der Waals surface area contributed by atoms with Crippen molar-refractivity contribution in [3.63, 3.8) is 0 Å². The van der Waals surface area contributed by atoms with Gasteiger partial charge in [0, 0.05) is 22.3 Å². The average molecular weight is 184 g/mol. The van der Waals surface area contributed by atoms with E-state index < -0.39 is 0 Å². The maximum absolute atomic E-state index is 5.87. The zero-order valence-corrected chi connectivity index (χ0v) is 8.52. The fourth-order valence-electron chi connectivity index (χ4n) is 0.956. The van der Waals surface area contributed by atoms with Gasteiger partial charge in [0.15, 0.2) is 0 Å². The Kier molecular flexibility index (Phi) is 2.73. The van der Waals surface area contributed by atoms with E-state index in [1.807, 2.05) is 6.07 Å². The summed E-state index contributed by atoms with van der Waals surface area (Å²) in [6.07, 6.45) is 2.83. The molecule has 0 atom stereocenters. The van der Waals surface area contributed by atoms with Crippen LogP contribution in [0.3, 0.4) is 0 Å². The summed E-state index contributed by atoms with van der Waals surface area (Å²) in [7, 11) is 0. The van der Waals surface area contributed by atoms with Gasteiger partial charge in [-0.2, -0.15) is 0 Å². The number of hydrogen-bond acceptors (Lipinski definition) is 1. The first-order valence-corrected chi connectivity index (χ1v) is 4.56. The molecule has 0 aromatic carbocycles. The third kappa shape index (κ3) is 1.98. The molecule has 66 valence electrons. The number of hydrogen-bond donors (Lipinski definition) is 0. The average Bonchev–Trinajstić information content (AvgIpc) is 2.05. The van der Waals surface area contributed by atoms with Gasteiger partial charge in [-0.25, -0.2) is 0 Å². The lowest BCUT2D eigenvalue weighted by molar-refractivity contribution is 0.490. The van der Waals surface area contributed by atoms with Crippen molar-refractivity contribution in [1.82, 2.24) is 4.98 Å². The summed E-state index contributed by atoms with van der Waals surface area (Å²) in [6, 6.07) is 3.74. The van der Waals surface area contributed by atoms with Crippen molar-refractivity contribution in [2.75, 3.05) is 0 Å². The van der Waals surface area contributed by atoms with Crippen LogP contribution in [-0.4, -0.2) is 4.98 Å². The summed E-state index contributed by atoms with van der Waals surface area (Å²) in [4.78, 5) is 4.30. The minimum absolute atomic E-state index is 0.130. The molecule has 1 nitrogen and oxygen atoms in total. The van der Waals surface area contributed by atoms with Crippen molar-refractivity contribution >= 4 is 11.6 Å². The lowest BCUT2D eigenvalue weighted by atomic mass is 9.86. The van der Waals surface area contributed by atoms with Crippen LogP contribution in [0.5, 0.6) is 0 Å². The van der Waals surface area contributed by atoms with Crippen molar-refractivity contribution in [2.24, 2.45) is 0 Å². The van der Waals surface area contributed by atoms with Crippen LogP contribution in [-0.2, 0) is 5.41 Å². The predicted molar refractivity (Wildman–Crippen MR) is 52.6 cm³/mol. The highest BCUT2D eigenvalue weighted by molar-refractivity contribution is 6.30. The molecule has 0 unspecified atom stereocenters. The first-order chi connectivity index (χ1) is 5.56. The quantitative estimate of drug-likeness (QED) is 0.685. The smallest absolute Gasteiger partial charge is 0.0474 e. The van der Waals surface area contributed by atoms with Gasteiger partial charge in [0.2, 0.25) is 0 Å². The maximum Gasteiger partial charge on any atom is 0.0474 e. The van der Waals surface area contributed by atoms with E-state index in [9.17, 15) is 0 Å². The van der Waals surface area contributed by atoms with Gasteiger partial charge in [0.1, 0.15) is 0 Å². The van der Waals surface area contributed by atoms with E-state index in [4.69, 9.17) is 11.6 Å². The first kappa shape index (κ1) is 9.53. The summed E-state index contributed by atoms with van der Waals surface area (Å²) in [5.41, 5.74) is 1.20. The van der Waals surface area contributed by atoms with Crippen LogP contribution in [0.15, 0.2) is 18.3 Å². The molecule has 0 fully saturated rings. The Morgan fingerprint density at radius 2 is 2.17 bits per heavy atom. The van der Waals surface area contributed by atoms with Crippen molar-refractivity contribution in [3.8, 4) is 0 Å². The Morgan fingerprint density at radius 1 is 1.50 bits per heavy atom. The molecule has 0 amide bonds. The molecule has 1 heterocycles. The van der Waals surface area contributed by atoms with Gasteiger partial charge < -0.3 is 0 Å². The normalized spacial score (nSPS) is 11.7. The fraction of sp³-hybridized carbons (Fsp3) is 0.500. The van der Waals surface area contributed by atoms with Crippen LogP contribution in [0.25, 0.3) is 0 Å². The zero-order valence-electron chi connectivity index (χ0n) is 7.76. The highest BCUT2D eigenvalue weighted by Crippen LogP contribution is 2.26. The predicted octanol–water partition coefficient (Wildman–Crippen LogP) is 3.42. The molecule has 1 aromatic rings. The molecule has 0 bridgehead atoms. The number of aromatic nitrogens is 1. The van der Waals surface area contributed by atoms with E-state index >= 15 is 0 Å². The molecular formula is C10H14ClN. The molecule has 2 heteroatoms. The van der Waals surface area contributed by atoms with E-state index in [0.717, 1.165) is 17.1 Å². The zero-order chi connectivity index (χ0) is 9.19. The number of pyridine rings is 1. The number of halogens is 1. The monoisotopic (exact) mass is 183 g/mol. The van der Waals surface area contributed by atoms with Crippen LogP contribution in [0, 0.1) is 0 Å². The summed E-state index contributed by atoms with van der Waals surface area (Å²) < 4.78 is 0. The van der Waals surface area contributed by atoms with Gasteiger partial charge >= 0.3 is 0 Å². The van der Waals surface area contributed by atoms with Gasteiger partial charge in [0.05, 0.1) is 0 Å². The van der Waals surface area contributed by atoms with E-state index in [-0.39, 0.29) is 5.41 Å². The maximum atomic E-state index is 5.87. The topological polar surface area (TPSA) is 12.9 Å². The summed E-state index contributed by atoms with van der Waals surface area (Å²) in [5, 5.41) is 0.765. The largest absolute Gasteiger partial charge is 0.261 e. The van der Waals surface area contributed by atoms with Crippen LogP contribution < -0.4 is 0 Å². The highest BCUT2D eigenvalue weighted by Gasteiger charge is 2.19. The third-order valence-corrected chi connectivity index (χ3v) is 2.53. The molecule has 0 saturated carbocycles. The van der Waals surface area contributed by atoms with Crippen LogP contribution in [0.2, 0.25) is 5.02 Å². The van der Waals surface area contributed by atoms with Crippen molar-refractivity contribution in [2.45, 2.75) is 32.6 Å². The van der Waals surface area contributed by atoms with Crippen LogP contribution >= 0.6 is 11.6 Å². The van der Waals surface area contributed by atoms with Gasteiger partial charge in [-0.15, -0.1) is 0 Å². The van der Waals surface area contributed by atoms with Crippen LogP contribution in [0.4, 0.5) is 0 Å². The van der Waals surface area contributed by atoms with Crippen molar-refractivity contribution in [1.29, 1.82) is 0 Å². The lowest BCUT2D eigenvalue weighted by Gasteiger charge is -2.21. The standard InChI is InChI=1S/C10H14ClN/c1-4-10(2,3)9-7-8(11)5-6-12-9/h5-7H,4H2,1-3H3. The molecular weight excluding hydrogens is 170 g/mol.